The van der Waals surface area contributed by atoms with E-state index in [1.807, 2.05) is 24.3 Å². The fourth-order valence-corrected chi connectivity index (χ4v) is 1.39. The van der Waals surface area contributed by atoms with Gasteiger partial charge >= 0.3 is 0 Å². The van der Waals surface area contributed by atoms with Crippen LogP contribution >= 0.6 is 0 Å². The number of rotatable bonds is 5. The van der Waals surface area contributed by atoms with Crippen molar-refractivity contribution in [1.82, 2.24) is 0 Å². The number of aliphatic hydroxyl groups is 1. The van der Waals surface area contributed by atoms with Crippen molar-refractivity contribution < 1.29 is 14.6 Å². The van der Waals surface area contributed by atoms with Crippen LogP contribution in [0.1, 0.15) is 17.2 Å². The molecule has 0 heterocycles. The quantitative estimate of drug-likeness (QED) is 0.775. The third-order valence-corrected chi connectivity index (χ3v) is 2.04. The van der Waals surface area contributed by atoms with Gasteiger partial charge in [-0.3, -0.25) is 0 Å². The molecule has 14 heavy (non-hydrogen) atoms. The maximum atomic E-state index is 9.75. The first kappa shape index (κ1) is 11.2. The minimum Gasteiger partial charge on any atom is -0.386 e. The SMILES string of the molecule is COCc1ccccc1C(O)COC. The Morgan fingerprint density at radius 2 is 1.93 bits per heavy atom. The van der Waals surface area contributed by atoms with Crippen LogP contribution in [0.5, 0.6) is 0 Å². The van der Waals surface area contributed by atoms with Gasteiger partial charge in [-0.15, -0.1) is 0 Å². The van der Waals surface area contributed by atoms with Gasteiger partial charge in [-0.1, -0.05) is 24.3 Å². The molecule has 0 amide bonds. The summed E-state index contributed by atoms with van der Waals surface area (Å²) in [5.41, 5.74) is 1.87. The molecule has 78 valence electrons. The van der Waals surface area contributed by atoms with Crippen molar-refractivity contribution in [3.8, 4) is 0 Å². The smallest absolute Gasteiger partial charge is 0.103 e. The lowest BCUT2D eigenvalue weighted by Crippen LogP contribution is -2.08. The molecule has 0 saturated heterocycles. The van der Waals surface area contributed by atoms with Crippen molar-refractivity contribution in [2.75, 3.05) is 20.8 Å². The van der Waals surface area contributed by atoms with E-state index >= 15 is 0 Å². The van der Waals surface area contributed by atoms with E-state index in [2.05, 4.69) is 0 Å². The summed E-state index contributed by atoms with van der Waals surface area (Å²) in [4.78, 5) is 0. The summed E-state index contributed by atoms with van der Waals surface area (Å²) in [5, 5.41) is 9.75. The highest BCUT2D eigenvalue weighted by Crippen LogP contribution is 2.18. The predicted molar refractivity (Wildman–Crippen MR) is 54.0 cm³/mol. The Labute approximate surface area is 84.3 Å². The molecule has 1 unspecified atom stereocenters. The van der Waals surface area contributed by atoms with Crippen molar-refractivity contribution in [3.63, 3.8) is 0 Å². The first-order valence-corrected chi connectivity index (χ1v) is 4.53. The Bertz CT molecular complexity index is 273. The van der Waals surface area contributed by atoms with Gasteiger partial charge in [0.05, 0.1) is 13.2 Å². The Kier molecular flexibility index (Phi) is 4.59. The zero-order chi connectivity index (χ0) is 10.4. The van der Waals surface area contributed by atoms with E-state index in [1.165, 1.54) is 0 Å². The van der Waals surface area contributed by atoms with Crippen LogP contribution in [0.15, 0.2) is 24.3 Å². The summed E-state index contributed by atoms with van der Waals surface area (Å²) >= 11 is 0. The summed E-state index contributed by atoms with van der Waals surface area (Å²) in [6.07, 6.45) is -0.577. The van der Waals surface area contributed by atoms with Crippen molar-refractivity contribution in [2.45, 2.75) is 12.7 Å². The van der Waals surface area contributed by atoms with Crippen LogP contribution in [0, 0.1) is 0 Å². The van der Waals surface area contributed by atoms with E-state index in [0.29, 0.717) is 13.2 Å². The lowest BCUT2D eigenvalue weighted by molar-refractivity contribution is 0.0624. The number of aliphatic hydroxyl groups excluding tert-OH is 1. The fourth-order valence-electron chi connectivity index (χ4n) is 1.39. The van der Waals surface area contributed by atoms with Gasteiger partial charge in [-0.05, 0) is 11.1 Å². The van der Waals surface area contributed by atoms with E-state index in [1.54, 1.807) is 14.2 Å². The lowest BCUT2D eigenvalue weighted by atomic mass is 10.0. The Hall–Kier alpha value is -0.900. The lowest BCUT2D eigenvalue weighted by Gasteiger charge is -2.14. The normalized spacial score (nSPS) is 12.8. The van der Waals surface area contributed by atoms with Crippen LogP contribution in [-0.4, -0.2) is 25.9 Å². The Balaban J connectivity index is 2.82. The van der Waals surface area contributed by atoms with Crippen LogP contribution in [0.4, 0.5) is 0 Å². The highest BCUT2D eigenvalue weighted by Gasteiger charge is 2.10. The van der Waals surface area contributed by atoms with Crippen molar-refractivity contribution >= 4 is 0 Å². The predicted octanol–water partition coefficient (Wildman–Crippen LogP) is 1.51. The van der Waals surface area contributed by atoms with Gasteiger partial charge in [0.1, 0.15) is 6.10 Å². The van der Waals surface area contributed by atoms with Crippen molar-refractivity contribution in [2.24, 2.45) is 0 Å². The van der Waals surface area contributed by atoms with Crippen LogP contribution in [-0.2, 0) is 16.1 Å². The molecule has 1 rings (SSSR count). The van der Waals surface area contributed by atoms with E-state index in [4.69, 9.17) is 9.47 Å². The molecule has 1 aromatic carbocycles. The van der Waals surface area contributed by atoms with Gasteiger partial charge in [0.15, 0.2) is 0 Å². The van der Waals surface area contributed by atoms with Crippen LogP contribution in [0.25, 0.3) is 0 Å². The molecule has 3 heteroatoms. The van der Waals surface area contributed by atoms with Crippen LogP contribution in [0.2, 0.25) is 0 Å². The van der Waals surface area contributed by atoms with E-state index < -0.39 is 6.10 Å². The molecule has 1 atom stereocenters. The summed E-state index contributed by atoms with van der Waals surface area (Å²) in [6, 6.07) is 7.65. The summed E-state index contributed by atoms with van der Waals surface area (Å²) < 4.78 is 9.95. The maximum Gasteiger partial charge on any atom is 0.103 e. The molecular weight excluding hydrogens is 180 g/mol. The number of methoxy groups -OCH3 is 2. The third-order valence-electron chi connectivity index (χ3n) is 2.04. The fraction of sp³-hybridized carbons (Fsp3) is 0.455. The molecule has 0 aliphatic heterocycles. The number of ether oxygens (including phenoxy) is 2. The minimum absolute atomic E-state index is 0.306. The third kappa shape index (κ3) is 2.80. The van der Waals surface area contributed by atoms with Gasteiger partial charge in [0.25, 0.3) is 0 Å². The molecule has 0 aliphatic carbocycles. The average Bonchev–Trinajstić information content (AvgIpc) is 2.19. The second kappa shape index (κ2) is 5.75. The molecule has 0 saturated carbocycles. The molecule has 3 nitrogen and oxygen atoms in total. The Morgan fingerprint density at radius 3 is 2.57 bits per heavy atom. The molecular formula is C11H16O3. The zero-order valence-corrected chi connectivity index (χ0v) is 8.56. The van der Waals surface area contributed by atoms with E-state index in [9.17, 15) is 5.11 Å². The first-order chi connectivity index (χ1) is 6.79. The van der Waals surface area contributed by atoms with Gasteiger partial charge in [-0.25, -0.2) is 0 Å². The summed E-state index contributed by atoms with van der Waals surface area (Å²) in [7, 11) is 3.21. The average molecular weight is 196 g/mol. The van der Waals surface area contributed by atoms with E-state index in [0.717, 1.165) is 11.1 Å². The first-order valence-electron chi connectivity index (χ1n) is 4.53. The largest absolute Gasteiger partial charge is 0.386 e. The van der Waals surface area contributed by atoms with Crippen LogP contribution in [0.3, 0.4) is 0 Å². The standard InChI is InChI=1S/C11H16O3/c1-13-7-9-5-3-4-6-10(9)11(12)8-14-2/h3-6,11-12H,7-8H2,1-2H3. The highest BCUT2D eigenvalue weighted by molar-refractivity contribution is 5.28. The number of benzene rings is 1. The maximum absolute atomic E-state index is 9.75. The van der Waals surface area contributed by atoms with Crippen molar-refractivity contribution in [3.05, 3.63) is 35.4 Å². The van der Waals surface area contributed by atoms with Crippen molar-refractivity contribution in [1.29, 1.82) is 0 Å². The second-order valence-electron chi connectivity index (χ2n) is 3.10. The van der Waals surface area contributed by atoms with E-state index in [-0.39, 0.29) is 0 Å². The number of hydrogen-bond acceptors (Lipinski definition) is 3. The summed E-state index contributed by atoms with van der Waals surface area (Å²) in [5.74, 6) is 0. The minimum atomic E-state index is -0.577. The van der Waals surface area contributed by atoms with Gasteiger partial charge in [0, 0.05) is 14.2 Å². The van der Waals surface area contributed by atoms with Crippen LogP contribution < -0.4 is 0 Å². The molecule has 0 bridgehead atoms. The molecule has 1 aromatic rings. The van der Waals surface area contributed by atoms with Gasteiger partial charge in [-0.2, -0.15) is 0 Å². The zero-order valence-electron chi connectivity index (χ0n) is 8.56. The number of hydrogen-bond donors (Lipinski definition) is 1. The monoisotopic (exact) mass is 196 g/mol. The molecule has 0 radical (unpaired) electrons. The molecule has 0 spiro atoms. The topological polar surface area (TPSA) is 38.7 Å². The summed E-state index contributed by atoms with van der Waals surface area (Å²) in [6.45, 7) is 0.817. The molecule has 1 N–H and O–H groups in total. The molecule has 0 aromatic heterocycles. The molecule has 0 fully saturated rings. The van der Waals surface area contributed by atoms with Gasteiger partial charge in [0.2, 0.25) is 0 Å². The molecule has 0 aliphatic rings. The van der Waals surface area contributed by atoms with Gasteiger partial charge < -0.3 is 14.6 Å². The Morgan fingerprint density at radius 1 is 1.21 bits per heavy atom. The highest BCUT2D eigenvalue weighted by atomic mass is 16.5. The second-order valence-corrected chi connectivity index (χ2v) is 3.10.